The summed E-state index contributed by atoms with van der Waals surface area (Å²) in [7, 11) is 0. The molecule has 4 rings (SSSR count). The third-order valence-electron chi connectivity index (χ3n) is 4.63. The van der Waals surface area contributed by atoms with E-state index in [9.17, 15) is 13.2 Å². The zero-order valence-electron chi connectivity index (χ0n) is 15.3. The molecule has 3 aromatic rings. The summed E-state index contributed by atoms with van der Waals surface area (Å²) in [5.41, 5.74) is 1.52. The molecule has 2 N–H and O–H groups in total. The fourth-order valence-corrected chi connectivity index (χ4v) is 3.31. The average Bonchev–Trinajstić information content (AvgIpc) is 3.31. The molecular formula is C17H19F3N8. The Labute approximate surface area is 158 Å². The third kappa shape index (κ3) is 3.27. The van der Waals surface area contributed by atoms with Crippen molar-refractivity contribution in [3.05, 3.63) is 41.6 Å². The fourth-order valence-electron chi connectivity index (χ4n) is 3.31. The highest BCUT2D eigenvalue weighted by molar-refractivity contribution is 5.58. The van der Waals surface area contributed by atoms with Gasteiger partial charge >= 0.3 is 6.18 Å². The smallest absolute Gasteiger partial charge is 0.370 e. The molecule has 8 nitrogen and oxygen atoms in total. The molecule has 28 heavy (non-hydrogen) atoms. The van der Waals surface area contributed by atoms with Crippen LogP contribution in [0.25, 0.3) is 0 Å². The van der Waals surface area contributed by atoms with Crippen molar-refractivity contribution in [2.24, 2.45) is 0 Å². The first kappa shape index (κ1) is 18.3. The molecule has 3 aromatic heterocycles. The van der Waals surface area contributed by atoms with Crippen molar-refractivity contribution in [2.45, 2.75) is 39.0 Å². The lowest BCUT2D eigenvalue weighted by molar-refractivity contribution is -0.137. The van der Waals surface area contributed by atoms with Gasteiger partial charge in [-0.05, 0) is 26.3 Å². The number of hydrogen-bond acceptors (Lipinski definition) is 6. The summed E-state index contributed by atoms with van der Waals surface area (Å²) in [6.45, 7) is 4.66. The Morgan fingerprint density at radius 3 is 2.89 bits per heavy atom. The molecule has 0 spiro atoms. The van der Waals surface area contributed by atoms with E-state index in [1.165, 1.54) is 0 Å². The highest BCUT2D eigenvalue weighted by atomic mass is 19.4. The van der Waals surface area contributed by atoms with E-state index in [-0.39, 0.29) is 17.8 Å². The number of rotatable bonds is 5. The normalized spacial score (nSPS) is 16.2. The predicted molar refractivity (Wildman–Crippen MR) is 96.4 cm³/mol. The number of hydrogen-bond donors (Lipinski definition) is 2. The van der Waals surface area contributed by atoms with Crippen molar-refractivity contribution in [3.8, 4) is 0 Å². The maximum Gasteiger partial charge on any atom is 0.421 e. The van der Waals surface area contributed by atoms with E-state index in [0.717, 1.165) is 24.9 Å². The number of aryl methyl sites for hydroxylation is 2. The van der Waals surface area contributed by atoms with Crippen LogP contribution in [0.15, 0.2) is 24.7 Å². The zero-order valence-corrected chi connectivity index (χ0v) is 15.3. The van der Waals surface area contributed by atoms with E-state index in [0.29, 0.717) is 17.9 Å². The molecule has 148 valence electrons. The standard InChI is InChI=1S/C17H19F3N8/c1-3-21-15-11(17(18,19)20)8-22-16(25-15)24-12-9-28(26-10(12)2)14-5-7-27-13(14)4-6-23-27/h4,6,8-9,14H,3,5,7H2,1-2H3,(H2,21,22,24,25)/t14-/m0/s1. The first-order valence-electron chi connectivity index (χ1n) is 8.89. The highest BCUT2D eigenvalue weighted by Crippen LogP contribution is 2.34. The molecule has 0 aliphatic carbocycles. The molecule has 0 fully saturated rings. The van der Waals surface area contributed by atoms with Crippen LogP contribution in [0.5, 0.6) is 0 Å². The van der Waals surface area contributed by atoms with Crippen LogP contribution in [0.3, 0.4) is 0 Å². The van der Waals surface area contributed by atoms with Crippen molar-refractivity contribution < 1.29 is 13.2 Å². The van der Waals surface area contributed by atoms with Crippen LogP contribution in [0.4, 0.5) is 30.6 Å². The van der Waals surface area contributed by atoms with Crippen LogP contribution in [-0.2, 0) is 12.7 Å². The van der Waals surface area contributed by atoms with Crippen molar-refractivity contribution in [3.63, 3.8) is 0 Å². The molecule has 11 heteroatoms. The lowest BCUT2D eigenvalue weighted by Crippen LogP contribution is -2.14. The molecule has 0 unspecified atom stereocenters. The molecule has 1 atom stereocenters. The number of nitrogens with one attached hydrogen (secondary N) is 2. The predicted octanol–water partition coefficient (Wildman–Crippen LogP) is 3.37. The molecule has 0 bridgehead atoms. The Morgan fingerprint density at radius 1 is 1.32 bits per heavy atom. The Kier molecular flexibility index (Phi) is 4.44. The molecule has 4 heterocycles. The number of alkyl halides is 3. The monoisotopic (exact) mass is 392 g/mol. The Morgan fingerprint density at radius 2 is 2.14 bits per heavy atom. The summed E-state index contributed by atoms with van der Waals surface area (Å²) in [6, 6.07) is 2.03. The summed E-state index contributed by atoms with van der Waals surface area (Å²) >= 11 is 0. The number of nitrogens with zero attached hydrogens (tertiary/aromatic N) is 6. The Bertz CT molecular complexity index is 991. The van der Waals surface area contributed by atoms with Crippen LogP contribution in [0.2, 0.25) is 0 Å². The first-order valence-corrected chi connectivity index (χ1v) is 8.89. The topological polar surface area (TPSA) is 85.5 Å². The van der Waals surface area contributed by atoms with Crippen molar-refractivity contribution in [2.75, 3.05) is 17.2 Å². The summed E-state index contributed by atoms with van der Waals surface area (Å²) in [4.78, 5) is 7.82. The van der Waals surface area contributed by atoms with Gasteiger partial charge in [0.15, 0.2) is 0 Å². The molecule has 0 amide bonds. The van der Waals surface area contributed by atoms with E-state index in [1.807, 2.05) is 28.6 Å². The van der Waals surface area contributed by atoms with E-state index in [2.05, 4.69) is 30.8 Å². The summed E-state index contributed by atoms with van der Waals surface area (Å²) in [5, 5.41) is 14.4. The summed E-state index contributed by atoms with van der Waals surface area (Å²) in [5.74, 6) is -0.180. The summed E-state index contributed by atoms with van der Waals surface area (Å²) in [6.07, 6.45) is 0.710. The van der Waals surface area contributed by atoms with Crippen LogP contribution in [0, 0.1) is 6.92 Å². The minimum absolute atomic E-state index is 0.0718. The second-order valence-electron chi connectivity index (χ2n) is 6.50. The second kappa shape index (κ2) is 6.80. The van der Waals surface area contributed by atoms with Gasteiger partial charge in [0.05, 0.1) is 23.1 Å². The van der Waals surface area contributed by atoms with Crippen molar-refractivity contribution in [1.29, 1.82) is 0 Å². The van der Waals surface area contributed by atoms with Crippen molar-refractivity contribution in [1.82, 2.24) is 29.5 Å². The SMILES string of the molecule is CCNc1nc(Nc2cn([C@H]3CCn4nccc43)nc2C)ncc1C(F)(F)F. The van der Waals surface area contributed by atoms with Crippen LogP contribution in [-0.4, -0.2) is 36.1 Å². The van der Waals surface area contributed by atoms with E-state index < -0.39 is 11.7 Å². The average molecular weight is 392 g/mol. The van der Waals surface area contributed by atoms with E-state index in [1.54, 1.807) is 13.1 Å². The van der Waals surface area contributed by atoms with Gasteiger partial charge in [-0.2, -0.15) is 28.4 Å². The lowest BCUT2D eigenvalue weighted by atomic mass is 10.2. The molecule has 0 aromatic carbocycles. The van der Waals surface area contributed by atoms with Gasteiger partial charge in [-0.15, -0.1) is 0 Å². The van der Waals surface area contributed by atoms with Gasteiger partial charge in [0.1, 0.15) is 11.4 Å². The molecule has 1 aliphatic rings. The van der Waals surface area contributed by atoms with E-state index >= 15 is 0 Å². The van der Waals surface area contributed by atoms with Gasteiger partial charge in [0, 0.05) is 31.7 Å². The number of aromatic nitrogens is 6. The van der Waals surface area contributed by atoms with Gasteiger partial charge in [-0.1, -0.05) is 0 Å². The molecule has 0 saturated carbocycles. The lowest BCUT2D eigenvalue weighted by Gasteiger charge is -2.13. The number of halogens is 3. The minimum atomic E-state index is -4.53. The maximum absolute atomic E-state index is 13.1. The first-order chi connectivity index (χ1) is 13.4. The molecule has 1 aliphatic heterocycles. The van der Waals surface area contributed by atoms with Gasteiger partial charge in [0.2, 0.25) is 5.95 Å². The van der Waals surface area contributed by atoms with Gasteiger partial charge in [0.25, 0.3) is 0 Å². The largest absolute Gasteiger partial charge is 0.421 e. The van der Waals surface area contributed by atoms with Crippen LogP contribution >= 0.6 is 0 Å². The minimum Gasteiger partial charge on any atom is -0.370 e. The van der Waals surface area contributed by atoms with Crippen LogP contribution < -0.4 is 10.6 Å². The zero-order chi connectivity index (χ0) is 19.9. The van der Waals surface area contributed by atoms with Gasteiger partial charge in [-0.25, -0.2) is 4.98 Å². The number of fused-ring (bicyclic) bond motifs is 1. The van der Waals surface area contributed by atoms with Crippen LogP contribution in [0.1, 0.15) is 36.3 Å². The van der Waals surface area contributed by atoms with E-state index in [4.69, 9.17) is 0 Å². The van der Waals surface area contributed by atoms with Gasteiger partial charge < -0.3 is 10.6 Å². The molecular weight excluding hydrogens is 373 g/mol. The Hall–Kier alpha value is -3.11. The Balaban J connectivity index is 1.60. The van der Waals surface area contributed by atoms with Gasteiger partial charge in [-0.3, -0.25) is 9.36 Å². The second-order valence-corrected chi connectivity index (χ2v) is 6.50. The molecule has 0 saturated heterocycles. The molecule has 0 radical (unpaired) electrons. The maximum atomic E-state index is 13.1. The third-order valence-corrected chi connectivity index (χ3v) is 4.63. The van der Waals surface area contributed by atoms with Crippen molar-refractivity contribution >= 4 is 17.5 Å². The fraction of sp³-hybridized carbons (Fsp3) is 0.412. The number of anilines is 3. The quantitative estimate of drug-likeness (QED) is 0.693. The summed E-state index contributed by atoms with van der Waals surface area (Å²) < 4.78 is 43.1. The highest BCUT2D eigenvalue weighted by Gasteiger charge is 2.35.